The zero-order valence-electron chi connectivity index (χ0n) is 9.89. The summed E-state index contributed by atoms with van der Waals surface area (Å²) in [6.07, 6.45) is 1.66. The van der Waals surface area contributed by atoms with Gasteiger partial charge in [0.15, 0.2) is 0 Å². The summed E-state index contributed by atoms with van der Waals surface area (Å²) >= 11 is 1.50. The molecule has 1 N–H and O–H groups in total. The summed E-state index contributed by atoms with van der Waals surface area (Å²) < 4.78 is 4.47. The van der Waals surface area contributed by atoms with Crippen molar-refractivity contribution in [3.05, 3.63) is 44.0 Å². The van der Waals surface area contributed by atoms with Crippen LogP contribution in [0.15, 0.2) is 16.4 Å². The third-order valence-corrected chi connectivity index (χ3v) is 3.21. The molecule has 94 valence electrons. The molecule has 0 atom stereocenters. The number of nitrogens with one attached hydrogen (secondary N) is 1. The Kier molecular flexibility index (Phi) is 3.52. The van der Waals surface area contributed by atoms with Gasteiger partial charge in [-0.15, -0.1) is 11.3 Å². The number of hydrogen-bond acceptors (Lipinski definition) is 6. The van der Waals surface area contributed by atoms with Gasteiger partial charge >= 0.3 is 5.97 Å². The Morgan fingerprint density at radius 1 is 1.56 bits per heavy atom. The monoisotopic (exact) mass is 265 g/mol. The van der Waals surface area contributed by atoms with Crippen LogP contribution in [0.3, 0.4) is 0 Å². The zero-order valence-corrected chi connectivity index (χ0v) is 10.7. The van der Waals surface area contributed by atoms with E-state index >= 15 is 0 Å². The van der Waals surface area contributed by atoms with Crippen molar-refractivity contribution in [1.82, 2.24) is 15.0 Å². The Morgan fingerprint density at radius 2 is 2.33 bits per heavy atom. The molecule has 18 heavy (non-hydrogen) atoms. The van der Waals surface area contributed by atoms with Crippen molar-refractivity contribution in [2.24, 2.45) is 0 Å². The smallest absolute Gasteiger partial charge is 0.345 e. The molecule has 0 bridgehead atoms. The Labute approximate surface area is 107 Å². The van der Waals surface area contributed by atoms with E-state index in [1.807, 2.05) is 12.3 Å². The maximum absolute atomic E-state index is 11.6. The third kappa shape index (κ3) is 2.62. The predicted octanol–water partition coefficient (Wildman–Crippen LogP) is 0.912. The number of hydrogen-bond donors (Lipinski definition) is 1. The lowest BCUT2D eigenvalue weighted by Gasteiger charge is -2.00. The predicted molar refractivity (Wildman–Crippen MR) is 65.9 cm³/mol. The van der Waals surface area contributed by atoms with E-state index in [1.165, 1.54) is 24.6 Å². The van der Waals surface area contributed by atoms with Crippen molar-refractivity contribution >= 4 is 17.3 Å². The number of aromatic amines is 1. The molecular weight excluding hydrogens is 254 g/mol. The molecule has 0 radical (unpaired) electrons. The minimum absolute atomic E-state index is 0.100. The number of H-pyrrole nitrogens is 1. The van der Waals surface area contributed by atoms with Crippen LogP contribution in [0.5, 0.6) is 0 Å². The number of thiazole rings is 1. The van der Waals surface area contributed by atoms with Gasteiger partial charge in [0, 0.05) is 17.3 Å². The van der Waals surface area contributed by atoms with Gasteiger partial charge in [0.2, 0.25) is 0 Å². The summed E-state index contributed by atoms with van der Waals surface area (Å²) in [4.78, 5) is 33.7. The van der Waals surface area contributed by atoms with Gasteiger partial charge in [0.1, 0.15) is 16.4 Å². The average Bonchev–Trinajstić information content (AvgIpc) is 2.74. The highest BCUT2D eigenvalue weighted by Gasteiger charge is 2.12. The van der Waals surface area contributed by atoms with E-state index in [4.69, 9.17) is 0 Å². The highest BCUT2D eigenvalue weighted by Crippen LogP contribution is 2.11. The normalized spacial score (nSPS) is 10.3. The summed E-state index contributed by atoms with van der Waals surface area (Å²) in [5, 5.41) is 2.79. The highest BCUT2D eigenvalue weighted by molar-refractivity contribution is 7.09. The van der Waals surface area contributed by atoms with Gasteiger partial charge in [-0.3, -0.25) is 4.79 Å². The van der Waals surface area contributed by atoms with Gasteiger partial charge in [-0.2, -0.15) is 0 Å². The molecule has 2 aromatic heterocycles. The fourth-order valence-electron chi connectivity index (χ4n) is 1.40. The summed E-state index contributed by atoms with van der Waals surface area (Å²) in [5.41, 5.74) is 0.334. The summed E-state index contributed by atoms with van der Waals surface area (Å²) in [7, 11) is 1.22. The molecule has 2 aromatic rings. The van der Waals surface area contributed by atoms with Crippen LogP contribution < -0.4 is 5.56 Å². The molecule has 0 fully saturated rings. The van der Waals surface area contributed by atoms with E-state index in [1.54, 1.807) is 0 Å². The number of aromatic nitrogens is 3. The average molecular weight is 265 g/mol. The second-order valence-corrected chi connectivity index (χ2v) is 4.57. The van der Waals surface area contributed by atoms with Crippen LogP contribution in [0, 0.1) is 6.92 Å². The van der Waals surface area contributed by atoms with Gasteiger partial charge in [0.05, 0.1) is 13.5 Å². The standard InChI is InChI=1S/C11H11N3O3S/c1-6-5-18-9(13-6)3-8-12-4-7(10(15)14-8)11(16)17-2/h4-5H,3H2,1-2H3,(H,12,14,15). The molecule has 0 aliphatic heterocycles. The van der Waals surface area contributed by atoms with Gasteiger partial charge in [-0.1, -0.05) is 0 Å². The topological polar surface area (TPSA) is 84.9 Å². The van der Waals surface area contributed by atoms with Crippen molar-refractivity contribution in [2.45, 2.75) is 13.3 Å². The van der Waals surface area contributed by atoms with E-state index in [0.29, 0.717) is 12.2 Å². The number of carbonyl (C=O) groups is 1. The van der Waals surface area contributed by atoms with Gasteiger partial charge in [0.25, 0.3) is 5.56 Å². The van der Waals surface area contributed by atoms with Crippen molar-refractivity contribution in [1.29, 1.82) is 0 Å². The minimum Gasteiger partial charge on any atom is -0.465 e. The quantitative estimate of drug-likeness (QED) is 0.834. The van der Waals surface area contributed by atoms with Crippen LogP contribution in [-0.4, -0.2) is 28.0 Å². The molecule has 0 saturated heterocycles. The lowest BCUT2D eigenvalue weighted by atomic mass is 10.3. The maximum Gasteiger partial charge on any atom is 0.345 e. The molecule has 0 spiro atoms. The van der Waals surface area contributed by atoms with Gasteiger partial charge in [-0.05, 0) is 6.92 Å². The van der Waals surface area contributed by atoms with Crippen molar-refractivity contribution in [3.8, 4) is 0 Å². The van der Waals surface area contributed by atoms with Gasteiger partial charge in [-0.25, -0.2) is 14.8 Å². The van der Waals surface area contributed by atoms with E-state index in [-0.39, 0.29) is 5.56 Å². The number of nitrogens with zero attached hydrogens (tertiary/aromatic N) is 2. The summed E-state index contributed by atoms with van der Waals surface area (Å²) in [5.74, 6) is -0.220. The molecule has 0 aromatic carbocycles. The molecule has 7 heteroatoms. The van der Waals surface area contributed by atoms with Crippen LogP contribution in [0.25, 0.3) is 0 Å². The molecule has 6 nitrogen and oxygen atoms in total. The number of carbonyl (C=O) groups excluding carboxylic acids is 1. The van der Waals surface area contributed by atoms with E-state index in [9.17, 15) is 9.59 Å². The fourth-order valence-corrected chi connectivity index (χ4v) is 2.18. The van der Waals surface area contributed by atoms with Crippen LogP contribution in [0.4, 0.5) is 0 Å². The molecule has 0 aliphatic carbocycles. The number of rotatable bonds is 3. The molecule has 0 saturated carbocycles. The Morgan fingerprint density at radius 3 is 2.89 bits per heavy atom. The Balaban J connectivity index is 2.24. The second kappa shape index (κ2) is 5.09. The molecule has 0 unspecified atom stereocenters. The number of esters is 1. The van der Waals surface area contributed by atoms with Crippen molar-refractivity contribution in [2.75, 3.05) is 7.11 Å². The lowest BCUT2D eigenvalue weighted by Crippen LogP contribution is -2.21. The molecule has 0 amide bonds. The zero-order chi connectivity index (χ0) is 13.1. The first-order valence-electron chi connectivity index (χ1n) is 5.17. The van der Waals surface area contributed by atoms with E-state index in [2.05, 4.69) is 19.7 Å². The Bertz CT molecular complexity index is 632. The largest absolute Gasteiger partial charge is 0.465 e. The SMILES string of the molecule is COC(=O)c1cnc(Cc2nc(C)cs2)[nH]c1=O. The fraction of sp³-hybridized carbons (Fsp3) is 0.273. The van der Waals surface area contributed by atoms with Crippen LogP contribution in [0.1, 0.15) is 26.9 Å². The molecule has 2 heterocycles. The first-order valence-corrected chi connectivity index (χ1v) is 6.05. The molecule has 2 rings (SSSR count). The van der Waals surface area contributed by atoms with Crippen LogP contribution in [0.2, 0.25) is 0 Å². The second-order valence-electron chi connectivity index (χ2n) is 3.62. The minimum atomic E-state index is -0.694. The lowest BCUT2D eigenvalue weighted by molar-refractivity contribution is 0.0598. The Hall–Kier alpha value is -2.02. The highest BCUT2D eigenvalue weighted by atomic mass is 32.1. The molecule has 0 aliphatic rings. The first-order chi connectivity index (χ1) is 8.60. The summed E-state index contributed by atoms with van der Waals surface area (Å²) in [6.45, 7) is 1.90. The van der Waals surface area contributed by atoms with Crippen LogP contribution in [-0.2, 0) is 11.2 Å². The van der Waals surface area contributed by atoms with Crippen molar-refractivity contribution in [3.63, 3.8) is 0 Å². The number of ether oxygens (including phenoxy) is 1. The van der Waals surface area contributed by atoms with Crippen molar-refractivity contribution < 1.29 is 9.53 Å². The summed E-state index contributed by atoms with van der Waals surface area (Å²) in [6, 6.07) is 0. The van der Waals surface area contributed by atoms with Gasteiger partial charge < -0.3 is 9.72 Å². The van der Waals surface area contributed by atoms with E-state index < -0.39 is 11.5 Å². The van der Waals surface area contributed by atoms with E-state index in [0.717, 1.165) is 10.7 Å². The molecular formula is C11H11N3O3S. The first kappa shape index (κ1) is 12.4. The maximum atomic E-state index is 11.6. The third-order valence-electron chi connectivity index (χ3n) is 2.24. The number of methoxy groups -OCH3 is 1. The van der Waals surface area contributed by atoms with Crippen LogP contribution >= 0.6 is 11.3 Å². The number of aryl methyl sites for hydroxylation is 1.